The molecule has 2 aliphatic carbocycles. The van der Waals surface area contributed by atoms with Crippen LogP contribution in [0, 0.1) is 30.6 Å². The van der Waals surface area contributed by atoms with Crippen LogP contribution in [0.15, 0.2) is 53.7 Å². The van der Waals surface area contributed by atoms with Gasteiger partial charge in [-0.15, -0.1) is 0 Å². The number of hydrazone groups is 1. The molecule has 9 heteroatoms. The minimum Gasteiger partial charge on any atom is -0.481 e. The first kappa shape index (κ1) is 22.6. The van der Waals surface area contributed by atoms with Gasteiger partial charge < -0.3 is 10.1 Å². The molecule has 0 spiro atoms. The van der Waals surface area contributed by atoms with Crippen LogP contribution < -0.4 is 10.1 Å². The van der Waals surface area contributed by atoms with Crippen LogP contribution in [0.3, 0.4) is 0 Å². The Labute approximate surface area is 206 Å². The first-order valence-corrected chi connectivity index (χ1v) is 11.7. The zero-order valence-corrected chi connectivity index (χ0v) is 19.7. The van der Waals surface area contributed by atoms with Crippen molar-refractivity contribution in [1.29, 1.82) is 0 Å². The van der Waals surface area contributed by atoms with E-state index in [4.69, 9.17) is 27.9 Å². The number of benzene rings is 2. The molecule has 7 nitrogen and oxygen atoms in total. The highest BCUT2D eigenvalue weighted by molar-refractivity contribution is 6.37. The maximum Gasteiger partial charge on any atom is 0.262 e. The molecule has 4 atom stereocenters. The van der Waals surface area contributed by atoms with E-state index in [0.717, 1.165) is 17.0 Å². The van der Waals surface area contributed by atoms with E-state index in [9.17, 15) is 14.4 Å². The number of rotatable bonds is 6. The Morgan fingerprint density at radius 2 is 1.68 bits per heavy atom. The van der Waals surface area contributed by atoms with Crippen LogP contribution in [-0.4, -0.2) is 35.6 Å². The number of aryl methyl sites for hydroxylation is 1. The maximum absolute atomic E-state index is 12.7. The smallest absolute Gasteiger partial charge is 0.262 e. The Morgan fingerprint density at radius 1 is 1.09 bits per heavy atom. The summed E-state index contributed by atoms with van der Waals surface area (Å²) in [6.45, 7) is 1.68. The van der Waals surface area contributed by atoms with Gasteiger partial charge in [0.2, 0.25) is 0 Å². The van der Waals surface area contributed by atoms with Gasteiger partial charge in [-0.1, -0.05) is 53.1 Å². The number of imide groups is 1. The molecule has 1 N–H and O–H groups in total. The second-order valence-corrected chi connectivity index (χ2v) is 9.56. The monoisotopic (exact) mass is 497 g/mol. The molecule has 0 radical (unpaired) electrons. The summed E-state index contributed by atoms with van der Waals surface area (Å²) < 4.78 is 5.53. The third kappa shape index (κ3) is 4.10. The van der Waals surface area contributed by atoms with E-state index in [1.165, 1.54) is 6.21 Å². The fraction of sp³-hybridized carbons (Fsp3) is 0.280. The quantitative estimate of drug-likeness (QED) is 0.362. The molecule has 2 bridgehead atoms. The summed E-state index contributed by atoms with van der Waals surface area (Å²) in [5.41, 5.74) is 2.23. The van der Waals surface area contributed by atoms with E-state index in [1.54, 1.807) is 24.3 Å². The fourth-order valence-electron chi connectivity index (χ4n) is 4.89. The number of allylic oxidation sites excluding steroid dienone is 2. The van der Waals surface area contributed by atoms with Gasteiger partial charge >= 0.3 is 0 Å². The van der Waals surface area contributed by atoms with Crippen molar-refractivity contribution in [2.75, 3.05) is 11.9 Å². The third-order valence-electron chi connectivity index (χ3n) is 6.47. The Hall–Kier alpha value is -3.16. The van der Waals surface area contributed by atoms with Crippen molar-refractivity contribution in [3.63, 3.8) is 0 Å². The van der Waals surface area contributed by atoms with Gasteiger partial charge in [-0.25, -0.2) is 0 Å². The lowest BCUT2D eigenvalue weighted by Gasteiger charge is -2.13. The van der Waals surface area contributed by atoms with E-state index >= 15 is 0 Å². The maximum atomic E-state index is 12.7. The number of nitrogens with one attached hydrogen (secondary N) is 1. The van der Waals surface area contributed by atoms with Gasteiger partial charge in [-0.05, 0) is 55.0 Å². The van der Waals surface area contributed by atoms with Crippen LogP contribution >= 0.6 is 23.2 Å². The molecule has 1 saturated heterocycles. The molecule has 2 fully saturated rings. The van der Waals surface area contributed by atoms with E-state index < -0.39 is 0 Å². The number of anilines is 1. The number of ether oxygens (including phenoxy) is 1. The summed E-state index contributed by atoms with van der Waals surface area (Å²) in [7, 11) is 0. The van der Waals surface area contributed by atoms with Crippen molar-refractivity contribution in [2.45, 2.75) is 13.3 Å². The Kier molecular flexibility index (Phi) is 5.91. The molecule has 5 rings (SSSR count). The van der Waals surface area contributed by atoms with Gasteiger partial charge in [-0.2, -0.15) is 10.1 Å². The Balaban J connectivity index is 1.23. The number of hydrogen-bond acceptors (Lipinski definition) is 5. The molecule has 1 heterocycles. The highest BCUT2D eigenvalue weighted by Crippen LogP contribution is 2.52. The predicted molar refractivity (Wildman–Crippen MR) is 129 cm³/mol. The molecule has 3 amide bonds. The number of amides is 3. The zero-order valence-electron chi connectivity index (χ0n) is 18.2. The molecule has 2 aromatic rings. The average molecular weight is 498 g/mol. The van der Waals surface area contributed by atoms with E-state index in [-0.39, 0.29) is 63.8 Å². The lowest BCUT2D eigenvalue weighted by atomic mass is 9.85. The molecule has 174 valence electrons. The minimum absolute atomic E-state index is 0.121. The standard InChI is InChI=1S/C25H21Cl2N3O4/c1-13-2-6-17(7-3-13)29-20(31)12-34-23-18(26)8-14(9-19(23)27)11-28-30-24(32)21-15-4-5-16(10-15)22(21)25(30)33/h2-9,11,15-16,21-22H,10,12H2,1H3,(H,29,31)/t15-,16-,21-,22+/m0/s1. The molecule has 0 unspecified atom stereocenters. The third-order valence-corrected chi connectivity index (χ3v) is 7.03. The fourth-order valence-corrected chi connectivity index (χ4v) is 5.50. The van der Waals surface area contributed by atoms with Crippen LogP contribution in [0.5, 0.6) is 5.75 Å². The first-order chi connectivity index (χ1) is 16.3. The van der Waals surface area contributed by atoms with Gasteiger partial charge in [0.25, 0.3) is 17.7 Å². The lowest BCUT2D eigenvalue weighted by Crippen LogP contribution is -2.28. The molecule has 3 aliphatic rings. The largest absolute Gasteiger partial charge is 0.481 e. The molecule has 1 saturated carbocycles. The van der Waals surface area contributed by atoms with Crippen molar-refractivity contribution in [2.24, 2.45) is 28.8 Å². The van der Waals surface area contributed by atoms with Crippen molar-refractivity contribution in [3.8, 4) is 5.75 Å². The Bertz CT molecular complexity index is 1190. The lowest BCUT2D eigenvalue weighted by molar-refractivity contribution is -0.140. The zero-order chi connectivity index (χ0) is 24.0. The molecular formula is C25H21Cl2N3O4. The van der Waals surface area contributed by atoms with Crippen LogP contribution in [0.4, 0.5) is 5.69 Å². The topological polar surface area (TPSA) is 88.1 Å². The number of nitrogens with zero attached hydrogens (tertiary/aromatic N) is 2. The number of carbonyl (C=O) groups is 3. The van der Waals surface area contributed by atoms with Crippen molar-refractivity contribution < 1.29 is 19.1 Å². The van der Waals surface area contributed by atoms with Crippen LogP contribution in [0.2, 0.25) is 10.0 Å². The predicted octanol–water partition coefficient (Wildman–Crippen LogP) is 4.46. The van der Waals surface area contributed by atoms with Gasteiger partial charge in [0.15, 0.2) is 12.4 Å². The molecular weight excluding hydrogens is 477 g/mol. The van der Waals surface area contributed by atoms with E-state index in [2.05, 4.69) is 10.4 Å². The number of fused-ring (bicyclic) bond motifs is 5. The minimum atomic E-state index is -0.360. The average Bonchev–Trinajstić information content (AvgIpc) is 3.47. The summed E-state index contributed by atoms with van der Waals surface area (Å²) in [6.07, 6.45) is 6.30. The van der Waals surface area contributed by atoms with Gasteiger partial charge in [0, 0.05) is 5.69 Å². The highest BCUT2D eigenvalue weighted by Gasteiger charge is 2.59. The van der Waals surface area contributed by atoms with Crippen LogP contribution in [0.1, 0.15) is 17.5 Å². The molecule has 0 aromatic heterocycles. The van der Waals surface area contributed by atoms with Gasteiger partial charge in [-0.3, -0.25) is 14.4 Å². The number of carbonyl (C=O) groups excluding carboxylic acids is 3. The molecule has 34 heavy (non-hydrogen) atoms. The van der Waals surface area contributed by atoms with Crippen LogP contribution in [-0.2, 0) is 14.4 Å². The first-order valence-electron chi connectivity index (χ1n) is 10.9. The Morgan fingerprint density at radius 3 is 2.26 bits per heavy atom. The molecule has 2 aromatic carbocycles. The van der Waals surface area contributed by atoms with Gasteiger partial charge in [0.1, 0.15) is 0 Å². The second-order valence-electron chi connectivity index (χ2n) is 8.75. The number of hydrogen-bond donors (Lipinski definition) is 1. The number of halogens is 2. The summed E-state index contributed by atoms with van der Waals surface area (Å²) in [5, 5.41) is 8.18. The summed E-state index contributed by atoms with van der Waals surface area (Å²) in [4.78, 5) is 37.7. The second kappa shape index (κ2) is 8.89. The summed E-state index contributed by atoms with van der Waals surface area (Å²) in [5.74, 6) is -1.11. The van der Waals surface area contributed by atoms with E-state index in [0.29, 0.717) is 11.3 Å². The SMILES string of the molecule is Cc1ccc(NC(=O)COc2c(Cl)cc(C=NN3C(=O)[C@@H]4[C@H](C3=O)[C@H]3C=C[C@H]4C3)cc2Cl)cc1. The highest BCUT2D eigenvalue weighted by atomic mass is 35.5. The normalized spacial score (nSPS) is 24.9. The van der Waals surface area contributed by atoms with Crippen molar-refractivity contribution in [1.82, 2.24) is 5.01 Å². The van der Waals surface area contributed by atoms with Crippen molar-refractivity contribution >= 4 is 52.8 Å². The summed E-state index contributed by atoms with van der Waals surface area (Å²) >= 11 is 12.6. The van der Waals surface area contributed by atoms with E-state index in [1.807, 2.05) is 31.2 Å². The van der Waals surface area contributed by atoms with Crippen molar-refractivity contribution in [3.05, 3.63) is 69.7 Å². The molecule has 1 aliphatic heterocycles. The van der Waals surface area contributed by atoms with Crippen LogP contribution in [0.25, 0.3) is 0 Å². The van der Waals surface area contributed by atoms with Gasteiger partial charge in [0.05, 0.1) is 28.1 Å². The summed E-state index contributed by atoms with van der Waals surface area (Å²) in [6, 6.07) is 10.5.